The molecule has 0 aliphatic heterocycles. The van der Waals surface area contributed by atoms with Gasteiger partial charge >= 0.3 is 0 Å². The lowest BCUT2D eigenvalue weighted by Gasteiger charge is -2.17. The van der Waals surface area contributed by atoms with Gasteiger partial charge in [0.2, 0.25) is 10.0 Å². The van der Waals surface area contributed by atoms with E-state index in [1.165, 1.54) is 19.2 Å². The Morgan fingerprint density at radius 3 is 2.44 bits per heavy atom. The van der Waals surface area contributed by atoms with Gasteiger partial charge in [-0.25, -0.2) is 8.42 Å². The number of nitrogens with zero attached hydrogens (tertiary/aromatic N) is 2. The third-order valence-corrected chi connectivity index (χ3v) is 3.79. The van der Waals surface area contributed by atoms with Crippen molar-refractivity contribution in [3.05, 3.63) is 32.8 Å². The van der Waals surface area contributed by atoms with E-state index in [1.54, 1.807) is 6.07 Å². The Morgan fingerprint density at radius 2 is 2.00 bits per heavy atom. The molecule has 1 rings (SSSR count). The number of halogens is 1. The second kappa shape index (κ2) is 4.38. The molecule has 0 radical (unpaired) electrons. The Hall–Kier alpha value is -1.15. The molecule has 0 saturated carbocycles. The highest BCUT2D eigenvalue weighted by atomic mass is 79.9. The second-order valence-corrected chi connectivity index (χ2v) is 5.96. The third kappa shape index (κ3) is 2.50. The average molecular weight is 309 g/mol. The van der Waals surface area contributed by atoms with E-state index >= 15 is 0 Å². The summed E-state index contributed by atoms with van der Waals surface area (Å²) in [5, 5.41) is 10.8. The number of sulfonamides is 1. The van der Waals surface area contributed by atoms with Crippen LogP contribution in [0.3, 0.4) is 0 Å². The highest BCUT2D eigenvalue weighted by molar-refractivity contribution is 9.10. The predicted octanol–water partition coefficient (Wildman–Crippen LogP) is 1.75. The summed E-state index contributed by atoms with van der Waals surface area (Å²) in [7, 11) is -2.27. The summed E-state index contributed by atoms with van der Waals surface area (Å²) < 4.78 is 23.9. The first-order chi connectivity index (χ1) is 7.25. The maximum absolute atomic E-state index is 11.3. The molecular weight excluding hydrogens is 300 g/mol. The number of hydrogen-bond acceptors (Lipinski definition) is 4. The molecule has 0 bridgehead atoms. The second-order valence-electron chi connectivity index (χ2n) is 3.10. The van der Waals surface area contributed by atoms with Gasteiger partial charge in [0.05, 0.1) is 11.2 Å². The van der Waals surface area contributed by atoms with Gasteiger partial charge in [0.25, 0.3) is 5.69 Å². The number of nitro groups is 1. The fourth-order valence-electron chi connectivity index (χ4n) is 1.13. The first-order valence-corrected chi connectivity index (χ1v) is 6.76. The SMILES string of the molecule is CN(c1c(Br)cccc1[N+](=O)[O-])S(C)(=O)=O. The molecule has 1 aromatic rings. The minimum Gasteiger partial charge on any atom is -0.266 e. The highest BCUT2D eigenvalue weighted by Crippen LogP contribution is 2.35. The molecule has 0 aromatic heterocycles. The number of benzene rings is 1. The number of anilines is 1. The Morgan fingerprint density at radius 1 is 1.44 bits per heavy atom. The molecule has 0 N–H and O–H groups in total. The van der Waals surface area contributed by atoms with Crippen molar-refractivity contribution >= 4 is 37.3 Å². The quantitative estimate of drug-likeness (QED) is 0.629. The van der Waals surface area contributed by atoms with Gasteiger partial charge in [-0.2, -0.15) is 0 Å². The van der Waals surface area contributed by atoms with Gasteiger partial charge in [0, 0.05) is 17.6 Å². The molecule has 16 heavy (non-hydrogen) atoms. The largest absolute Gasteiger partial charge is 0.294 e. The summed E-state index contributed by atoms with van der Waals surface area (Å²) in [6.07, 6.45) is 0.982. The van der Waals surface area contributed by atoms with Gasteiger partial charge in [-0.1, -0.05) is 6.07 Å². The first kappa shape index (κ1) is 12.9. The van der Waals surface area contributed by atoms with Crippen LogP contribution in [0.5, 0.6) is 0 Å². The van der Waals surface area contributed by atoms with Crippen LogP contribution in [0.15, 0.2) is 22.7 Å². The van der Waals surface area contributed by atoms with Crippen molar-refractivity contribution < 1.29 is 13.3 Å². The van der Waals surface area contributed by atoms with Gasteiger partial charge in [-0.05, 0) is 22.0 Å². The van der Waals surface area contributed by atoms with Gasteiger partial charge in [-0.15, -0.1) is 0 Å². The van der Waals surface area contributed by atoms with Crippen molar-refractivity contribution in [2.24, 2.45) is 0 Å². The van der Waals surface area contributed by atoms with Crippen LogP contribution < -0.4 is 4.31 Å². The van der Waals surface area contributed by atoms with E-state index in [0.29, 0.717) is 4.47 Å². The number of nitro benzene ring substituents is 1. The van der Waals surface area contributed by atoms with E-state index < -0.39 is 14.9 Å². The van der Waals surface area contributed by atoms with E-state index in [2.05, 4.69) is 15.9 Å². The molecule has 8 heteroatoms. The van der Waals surface area contributed by atoms with Crippen LogP contribution in [0.1, 0.15) is 0 Å². The maximum Gasteiger partial charge on any atom is 0.294 e. The van der Waals surface area contributed by atoms with Crippen LogP contribution >= 0.6 is 15.9 Å². The van der Waals surface area contributed by atoms with Crippen LogP contribution in [-0.2, 0) is 10.0 Å². The molecule has 0 aliphatic carbocycles. The zero-order chi connectivity index (χ0) is 12.5. The molecule has 1 aromatic carbocycles. The number of rotatable bonds is 3. The standard InChI is InChI=1S/C8H9BrN2O4S/c1-10(16(2,14)15)8-6(9)4-3-5-7(8)11(12)13/h3-5H,1-2H3. The monoisotopic (exact) mass is 308 g/mol. The molecule has 0 amide bonds. The Bertz CT molecular complexity index is 529. The predicted molar refractivity (Wildman–Crippen MR) is 64.0 cm³/mol. The van der Waals surface area contributed by atoms with Crippen molar-refractivity contribution in [3.63, 3.8) is 0 Å². The molecule has 0 atom stereocenters. The fourth-order valence-corrected chi connectivity index (χ4v) is 2.39. The summed E-state index contributed by atoms with van der Waals surface area (Å²) in [5.74, 6) is 0. The van der Waals surface area contributed by atoms with Crippen molar-refractivity contribution in [1.82, 2.24) is 0 Å². The lowest BCUT2D eigenvalue weighted by atomic mass is 10.3. The van der Waals surface area contributed by atoms with E-state index in [4.69, 9.17) is 0 Å². The van der Waals surface area contributed by atoms with E-state index in [-0.39, 0.29) is 11.4 Å². The number of para-hydroxylation sites is 1. The van der Waals surface area contributed by atoms with E-state index in [9.17, 15) is 18.5 Å². The first-order valence-electron chi connectivity index (χ1n) is 4.12. The minimum absolute atomic E-state index is 0.0231. The third-order valence-electron chi connectivity index (χ3n) is 1.97. The minimum atomic E-state index is -3.54. The van der Waals surface area contributed by atoms with Crippen molar-refractivity contribution in [2.45, 2.75) is 0 Å². The molecule has 0 saturated heterocycles. The molecular formula is C8H9BrN2O4S. The Labute approximate surface area is 101 Å². The molecule has 0 aliphatic rings. The highest BCUT2D eigenvalue weighted by Gasteiger charge is 2.24. The average Bonchev–Trinajstić information content (AvgIpc) is 2.14. The van der Waals surface area contributed by atoms with Gasteiger partial charge < -0.3 is 0 Å². The summed E-state index contributed by atoms with van der Waals surface area (Å²) in [6.45, 7) is 0. The Balaban J connectivity index is 3.48. The normalized spacial score (nSPS) is 11.2. The summed E-state index contributed by atoms with van der Waals surface area (Å²) in [6, 6.07) is 4.27. The van der Waals surface area contributed by atoms with Crippen LogP contribution in [0.2, 0.25) is 0 Å². The molecule has 0 spiro atoms. The van der Waals surface area contributed by atoms with Crippen molar-refractivity contribution in [2.75, 3.05) is 17.6 Å². The van der Waals surface area contributed by atoms with E-state index in [0.717, 1.165) is 10.6 Å². The zero-order valence-electron chi connectivity index (χ0n) is 8.55. The smallest absolute Gasteiger partial charge is 0.266 e. The van der Waals surface area contributed by atoms with Gasteiger partial charge in [-0.3, -0.25) is 14.4 Å². The van der Waals surface area contributed by atoms with Crippen LogP contribution in [0, 0.1) is 10.1 Å². The lowest BCUT2D eigenvalue weighted by molar-refractivity contribution is -0.384. The fraction of sp³-hybridized carbons (Fsp3) is 0.250. The van der Waals surface area contributed by atoms with Crippen LogP contribution in [0.4, 0.5) is 11.4 Å². The molecule has 0 unspecified atom stereocenters. The van der Waals surface area contributed by atoms with Crippen LogP contribution in [-0.4, -0.2) is 26.6 Å². The van der Waals surface area contributed by atoms with Crippen LogP contribution in [0.25, 0.3) is 0 Å². The van der Waals surface area contributed by atoms with Gasteiger partial charge in [0.1, 0.15) is 5.69 Å². The van der Waals surface area contributed by atoms with E-state index in [1.807, 2.05) is 0 Å². The summed E-state index contributed by atoms with van der Waals surface area (Å²) in [4.78, 5) is 10.1. The lowest BCUT2D eigenvalue weighted by Crippen LogP contribution is -2.26. The topological polar surface area (TPSA) is 80.5 Å². The summed E-state index contributed by atoms with van der Waals surface area (Å²) >= 11 is 3.10. The zero-order valence-corrected chi connectivity index (χ0v) is 10.9. The molecule has 88 valence electrons. The Kier molecular flexibility index (Phi) is 3.54. The van der Waals surface area contributed by atoms with Crippen molar-refractivity contribution in [1.29, 1.82) is 0 Å². The molecule has 6 nitrogen and oxygen atoms in total. The number of hydrogen-bond donors (Lipinski definition) is 0. The van der Waals surface area contributed by atoms with Gasteiger partial charge in [0.15, 0.2) is 0 Å². The maximum atomic E-state index is 11.3. The molecule has 0 fully saturated rings. The van der Waals surface area contributed by atoms with Crippen molar-refractivity contribution in [3.8, 4) is 0 Å². The summed E-state index contributed by atoms with van der Waals surface area (Å²) in [5.41, 5.74) is -0.239. The molecule has 0 heterocycles.